The van der Waals surface area contributed by atoms with E-state index in [-0.39, 0.29) is 12.0 Å². The first-order valence-electron chi connectivity index (χ1n) is 7.22. The monoisotopic (exact) mass is 267 g/mol. The van der Waals surface area contributed by atoms with Gasteiger partial charge in [0.15, 0.2) is 0 Å². The maximum atomic E-state index is 10.3. The lowest BCUT2D eigenvalue weighted by Gasteiger charge is -2.25. The Balaban J connectivity index is 1.80. The highest BCUT2D eigenvalue weighted by Gasteiger charge is 2.22. The van der Waals surface area contributed by atoms with Gasteiger partial charge in [-0.05, 0) is 30.2 Å². The maximum Gasteiger partial charge on any atom is 0.0628 e. The molecule has 1 aromatic rings. The summed E-state index contributed by atoms with van der Waals surface area (Å²) >= 11 is 1.71. The number of aliphatic hydroxyl groups excluding tert-OH is 1. The van der Waals surface area contributed by atoms with Gasteiger partial charge in [0.2, 0.25) is 0 Å². The first-order chi connectivity index (χ1) is 8.81. The minimum Gasteiger partial charge on any atom is -0.392 e. The van der Waals surface area contributed by atoms with Gasteiger partial charge in [-0.3, -0.25) is 0 Å². The molecule has 0 spiro atoms. The molecule has 2 unspecified atom stereocenters. The molecule has 3 heteroatoms. The molecule has 0 saturated heterocycles. The van der Waals surface area contributed by atoms with E-state index in [2.05, 4.69) is 11.4 Å². The van der Waals surface area contributed by atoms with Gasteiger partial charge in [-0.25, -0.2) is 0 Å². The van der Waals surface area contributed by atoms with Crippen molar-refractivity contribution in [1.29, 1.82) is 0 Å². The van der Waals surface area contributed by atoms with Crippen molar-refractivity contribution in [2.75, 3.05) is 6.54 Å². The highest BCUT2D eigenvalue weighted by Crippen LogP contribution is 2.31. The fourth-order valence-electron chi connectivity index (χ4n) is 3.05. The van der Waals surface area contributed by atoms with Crippen LogP contribution in [0.15, 0.2) is 17.5 Å². The van der Waals surface area contributed by atoms with E-state index in [1.54, 1.807) is 11.3 Å². The van der Waals surface area contributed by atoms with Crippen LogP contribution < -0.4 is 5.73 Å². The molecule has 0 radical (unpaired) electrons. The van der Waals surface area contributed by atoms with Gasteiger partial charge < -0.3 is 10.8 Å². The Labute approximate surface area is 114 Å². The quantitative estimate of drug-likeness (QED) is 0.828. The van der Waals surface area contributed by atoms with Crippen LogP contribution in [0.25, 0.3) is 0 Å². The van der Waals surface area contributed by atoms with Crippen LogP contribution in [0.5, 0.6) is 0 Å². The van der Waals surface area contributed by atoms with E-state index in [4.69, 9.17) is 5.73 Å². The number of rotatable bonds is 6. The molecule has 1 aromatic heterocycles. The van der Waals surface area contributed by atoms with E-state index in [9.17, 15) is 5.11 Å². The van der Waals surface area contributed by atoms with Crippen LogP contribution in [0.2, 0.25) is 0 Å². The van der Waals surface area contributed by atoms with Crippen LogP contribution in [0.3, 0.4) is 0 Å². The molecule has 18 heavy (non-hydrogen) atoms. The van der Waals surface area contributed by atoms with Crippen molar-refractivity contribution in [3.8, 4) is 0 Å². The molecule has 3 N–H and O–H groups in total. The highest BCUT2D eigenvalue weighted by molar-refractivity contribution is 7.10. The predicted molar refractivity (Wildman–Crippen MR) is 77.9 cm³/mol. The van der Waals surface area contributed by atoms with Crippen molar-refractivity contribution in [1.82, 2.24) is 0 Å². The molecule has 102 valence electrons. The number of aliphatic hydroxyl groups is 1. The summed E-state index contributed by atoms with van der Waals surface area (Å²) in [5.74, 6) is 0.976. The summed E-state index contributed by atoms with van der Waals surface area (Å²) in [6.07, 6.45) is 8.69. The lowest BCUT2D eigenvalue weighted by molar-refractivity contribution is 0.124. The standard InChI is InChI=1S/C15H25NOS/c16-11-13(15-7-4-10-18-15)14(17)9-8-12-5-2-1-3-6-12/h4,7,10,12-14,17H,1-3,5-6,8-9,11,16H2. The minimum atomic E-state index is -0.268. The van der Waals surface area contributed by atoms with Gasteiger partial charge in [-0.2, -0.15) is 0 Å². The Morgan fingerprint density at radius 2 is 2.11 bits per heavy atom. The van der Waals surface area contributed by atoms with Crippen LogP contribution in [-0.4, -0.2) is 17.8 Å². The second-order valence-corrected chi connectivity index (χ2v) is 6.49. The van der Waals surface area contributed by atoms with Gasteiger partial charge in [0, 0.05) is 17.3 Å². The zero-order chi connectivity index (χ0) is 12.8. The van der Waals surface area contributed by atoms with Gasteiger partial charge in [0.1, 0.15) is 0 Å². The molecule has 1 heterocycles. The molecule has 1 aliphatic carbocycles. The van der Waals surface area contributed by atoms with E-state index in [0.29, 0.717) is 6.54 Å². The van der Waals surface area contributed by atoms with Crippen LogP contribution >= 0.6 is 11.3 Å². The first kappa shape index (κ1) is 14.0. The van der Waals surface area contributed by atoms with Crippen LogP contribution in [0, 0.1) is 5.92 Å². The van der Waals surface area contributed by atoms with Crippen molar-refractivity contribution in [3.05, 3.63) is 22.4 Å². The van der Waals surface area contributed by atoms with E-state index in [1.807, 2.05) is 6.07 Å². The van der Waals surface area contributed by atoms with E-state index >= 15 is 0 Å². The Bertz CT molecular complexity index is 319. The third-order valence-electron chi connectivity index (χ3n) is 4.22. The SMILES string of the molecule is NCC(c1cccs1)C(O)CCC1CCCCC1. The largest absolute Gasteiger partial charge is 0.392 e. The van der Waals surface area contributed by atoms with Gasteiger partial charge in [-0.15, -0.1) is 11.3 Å². The van der Waals surface area contributed by atoms with Gasteiger partial charge in [0.05, 0.1) is 6.10 Å². The lowest BCUT2D eigenvalue weighted by Crippen LogP contribution is -2.26. The van der Waals surface area contributed by atoms with Gasteiger partial charge >= 0.3 is 0 Å². The van der Waals surface area contributed by atoms with E-state index in [1.165, 1.54) is 43.4 Å². The fraction of sp³-hybridized carbons (Fsp3) is 0.733. The second kappa shape index (κ2) is 7.27. The first-order valence-corrected chi connectivity index (χ1v) is 8.10. The number of hydrogen-bond acceptors (Lipinski definition) is 3. The van der Waals surface area contributed by atoms with E-state index in [0.717, 1.165) is 12.3 Å². The lowest BCUT2D eigenvalue weighted by atomic mass is 9.84. The summed E-state index contributed by atoms with van der Waals surface area (Å²) in [7, 11) is 0. The average molecular weight is 267 g/mol. The minimum absolute atomic E-state index is 0.133. The van der Waals surface area contributed by atoms with Crippen molar-refractivity contribution >= 4 is 11.3 Å². The molecular formula is C15H25NOS. The Hall–Kier alpha value is -0.380. The van der Waals surface area contributed by atoms with Crippen molar-refractivity contribution in [3.63, 3.8) is 0 Å². The third kappa shape index (κ3) is 3.81. The predicted octanol–water partition coefficient (Wildman–Crippen LogP) is 3.51. The summed E-state index contributed by atoms with van der Waals surface area (Å²) in [6.45, 7) is 0.548. The summed E-state index contributed by atoms with van der Waals surface area (Å²) in [4.78, 5) is 1.23. The number of thiophene rings is 1. The number of nitrogens with two attached hydrogens (primary N) is 1. The van der Waals surface area contributed by atoms with Gasteiger partial charge in [0.25, 0.3) is 0 Å². The molecule has 0 aromatic carbocycles. The zero-order valence-corrected chi connectivity index (χ0v) is 11.9. The van der Waals surface area contributed by atoms with Crippen molar-refractivity contribution in [2.24, 2.45) is 11.7 Å². The topological polar surface area (TPSA) is 46.2 Å². The van der Waals surface area contributed by atoms with E-state index < -0.39 is 0 Å². The summed E-state index contributed by atoms with van der Waals surface area (Å²) in [5.41, 5.74) is 5.82. The number of hydrogen-bond donors (Lipinski definition) is 2. The Morgan fingerprint density at radius 3 is 2.72 bits per heavy atom. The molecule has 0 bridgehead atoms. The molecule has 2 rings (SSSR count). The Morgan fingerprint density at radius 1 is 1.33 bits per heavy atom. The fourth-order valence-corrected chi connectivity index (χ4v) is 3.95. The maximum absolute atomic E-state index is 10.3. The van der Waals surface area contributed by atoms with Crippen molar-refractivity contribution < 1.29 is 5.11 Å². The summed E-state index contributed by atoms with van der Waals surface area (Å²) < 4.78 is 0. The molecule has 1 aliphatic rings. The molecule has 0 amide bonds. The molecule has 2 nitrogen and oxygen atoms in total. The van der Waals surface area contributed by atoms with Gasteiger partial charge in [-0.1, -0.05) is 38.2 Å². The zero-order valence-electron chi connectivity index (χ0n) is 11.1. The average Bonchev–Trinajstić information content (AvgIpc) is 2.92. The molecule has 2 atom stereocenters. The van der Waals surface area contributed by atoms with Crippen LogP contribution in [0.1, 0.15) is 55.7 Å². The van der Waals surface area contributed by atoms with Crippen LogP contribution in [0.4, 0.5) is 0 Å². The van der Waals surface area contributed by atoms with Crippen molar-refractivity contribution in [2.45, 2.75) is 57.0 Å². The smallest absolute Gasteiger partial charge is 0.0628 e. The third-order valence-corrected chi connectivity index (χ3v) is 5.23. The molecule has 1 saturated carbocycles. The molecule has 0 aliphatic heterocycles. The normalized spacial score (nSPS) is 20.8. The second-order valence-electron chi connectivity index (χ2n) is 5.51. The van der Waals surface area contributed by atoms with Crippen LogP contribution in [-0.2, 0) is 0 Å². The Kier molecular flexibility index (Phi) is 5.67. The molecular weight excluding hydrogens is 242 g/mol. The summed E-state index contributed by atoms with van der Waals surface area (Å²) in [6, 6.07) is 4.13. The summed E-state index contributed by atoms with van der Waals surface area (Å²) in [5, 5.41) is 12.4. The molecule has 1 fully saturated rings. The highest BCUT2D eigenvalue weighted by atomic mass is 32.1.